The summed E-state index contributed by atoms with van der Waals surface area (Å²) in [7, 11) is 0. The molecule has 0 aromatic heterocycles. The number of nitrogens with zero attached hydrogens (tertiary/aromatic N) is 1. The molecule has 0 radical (unpaired) electrons. The normalized spacial score (nSPS) is 41.2. The molecule has 2 unspecified atom stereocenters. The summed E-state index contributed by atoms with van der Waals surface area (Å²) in [6, 6.07) is 0.191. The number of aliphatic imine (C=N–C) groups is 1. The number of hydrogen-bond donors (Lipinski definition) is 1. The van der Waals surface area contributed by atoms with Crippen LogP contribution >= 0.6 is 0 Å². The Morgan fingerprint density at radius 3 is 2.69 bits per heavy atom. The first-order valence-corrected chi connectivity index (χ1v) is 4.87. The molecule has 2 rings (SSSR count). The highest BCUT2D eigenvalue weighted by Crippen LogP contribution is 2.46. The van der Waals surface area contributed by atoms with E-state index in [0.29, 0.717) is 11.0 Å². The van der Waals surface area contributed by atoms with Crippen molar-refractivity contribution in [3.63, 3.8) is 0 Å². The van der Waals surface area contributed by atoms with Gasteiger partial charge in [-0.2, -0.15) is 0 Å². The van der Waals surface area contributed by atoms with Gasteiger partial charge in [0, 0.05) is 12.1 Å². The summed E-state index contributed by atoms with van der Waals surface area (Å²) in [5.41, 5.74) is 0.625. The summed E-state index contributed by atoms with van der Waals surface area (Å²) in [6.45, 7) is 5.60. The van der Waals surface area contributed by atoms with E-state index in [1.165, 1.54) is 6.42 Å². The third-order valence-electron chi connectivity index (χ3n) is 3.14. The molecule has 1 aliphatic heterocycles. The maximum Gasteiger partial charge on any atom is 0.235 e. The lowest BCUT2D eigenvalue weighted by Gasteiger charge is -2.37. The van der Waals surface area contributed by atoms with Gasteiger partial charge in [0.05, 0.1) is 6.04 Å². The SMILES string of the molecule is CC1(C)CC(N=C=O)CC2(CN2)C1. The molecule has 0 aromatic carbocycles. The van der Waals surface area contributed by atoms with Crippen LogP contribution in [0.4, 0.5) is 0 Å². The molecule has 2 atom stereocenters. The molecule has 3 nitrogen and oxygen atoms in total. The van der Waals surface area contributed by atoms with E-state index in [1.807, 2.05) is 0 Å². The van der Waals surface area contributed by atoms with Crippen molar-refractivity contribution in [2.45, 2.75) is 44.7 Å². The zero-order chi connectivity index (χ0) is 9.53. The molecule has 1 saturated heterocycles. The minimum Gasteiger partial charge on any atom is -0.308 e. The Kier molecular flexibility index (Phi) is 1.83. The Morgan fingerprint density at radius 2 is 2.15 bits per heavy atom. The highest BCUT2D eigenvalue weighted by Gasteiger charge is 2.51. The van der Waals surface area contributed by atoms with Crippen LogP contribution in [0.25, 0.3) is 0 Å². The van der Waals surface area contributed by atoms with Gasteiger partial charge in [-0.05, 0) is 24.7 Å². The van der Waals surface area contributed by atoms with Crippen molar-refractivity contribution in [3.05, 3.63) is 0 Å². The predicted molar refractivity (Wildman–Crippen MR) is 50.3 cm³/mol. The zero-order valence-corrected chi connectivity index (χ0v) is 8.26. The standard InChI is InChI=1S/C10H16N2O/c1-9(2)3-8(11-7-13)4-10(5-9)6-12-10/h8,12H,3-6H2,1-2H3. The largest absolute Gasteiger partial charge is 0.308 e. The molecule has 3 heteroatoms. The summed E-state index contributed by atoms with van der Waals surface area (Å²) in [5.74, 6) is 0. The molecule has 1 N–H and O–H groups in total. The molecule has 1 saturated carbocycles. The van der Waals surface area contributed by atoms with Crippen molar-refractivity contribution in [2.24, 2.45) is 10.4 Å². The smallest absolute Gasteiger partial charge is 0.235 e. The lowest BCUT2D eigenvalue weighted by atomic mass is 9.70. The summed E-state index contributed by atoms with van der Waals surface area (Å²) >= 11 is 0. The predicted octanol–water partition coefficient (Wildman–Crippen LogP) is 1.24. The van der Waals surface area contributed by atoms with E-state index >= 15 is 0 Å². The molecule has 0 amide bonds. The molecule has 1 aliphatic carbocycles. The average molecular weight is 180 g/mol. The second kappa shape index (κ2) is 2.66. The first-order chi connectivity index (χ1) is 6.05. The van der Waals surface area contributed by atoms with Crippen LogP contribution in [0.1, 0.15) is 33.1 Å². The molecule has 2 fully saturated rings. The zero-order valence-electron chi connectivity index (χ0n) is 8.26. The van der Waals surface area contributed by atoms with Crippen LogP contribution < -0.4 is 5.32 Å². The lowest BCUT2D eigenvalue weighted by Crippen LogP contribution is -2.38. The number of hydrogen-bond acceptors (Lipinski definition) is 3. The molecule has 1 spiro atoms. The van der Waals surface area contributed by atoms with Crippen LogP contribution in [0, 0.1) is 5.41 Å². The Morgan fingerprint density at radius 1 is 1.46 bits per heavy atom. The number of carbonyl (C=O) groups excluding carboxylic acids is 1. The second-order valence-corrected chi connectivity index (χ2v) is 5.26. The van der Waals surface area contributed by atoms with E-state index in [1.54, 1.807) is 6.08 Å². The van der Waals surface area contributed by atoms with Crippen LogP contribution in [-0.2, 0) is 4.79 Å². The fourth-order valence-electron chi connectivity index (χ4n) is 2.78. The van der Waals surface area contributed by atoms with Gasteiger partial charge in [0.25, 0.3) is 0 Å². The maximum absolute atomic E-state index is 10.2. The van der Waals surface area contributed by atoms with Crippen molar-refractivity contribution in [2.75, 3.05) is 6.54 Å². The van der Waals surface area contributed by atoms with Crippen molar-refractivity contribution in [1.29, 1.82) is 0 Å². The van der Waals surface area contributed by atoms with E-state index in [9.17, 15) is 4.79 Å². The van der Waals surface area contributed by atoms with Crippen LogP contribution in [-0.4, -0.2) is 24.2 Å². The topological polar surface area (TPSA) is 51.4 Å². The Labute approximate surface area is 78.6 Å². The first-order valence-electron chi connectivity index (χ1n) is 4.87. The summed E-state index contributed by atoms with van der Waals surface area (Å²) < 4.78 is 0. The van der Waals surface area contributed by atoms with Gasteiger partial charge in [0.2, 0.25) is 6.08 Å². The highest BCUT2D eigenvalue weighted by atomic mass is 16.1. The van der Waals surface area contributed by atoms with Crippen molar-refractivity contribution in [1.82, 2.24) is 5.32 Å². The Hall–Kier alpha value is -0.660. The van der Waals surface area contributed by atoms with Crippen LogP contribution in [0.5, 0.6) is 0 Å². The minimum atomic E-state index is 0.191. The third-order valence-corrected chi connectivity index (χ3v) is 3.14. The fraction of sp³-hybridized carbons (Fsp3) is 0.900. The monoisotopic (exact) mass is 180 g/mol. The van der Waals surface area contributed by atoms with Crippen LogP contribution in [0.2, 0.25) is 0 Å². The molecule has 0 bridgehead atoms. The highest BCUT2D eigenvalue weighted by molar-refractivity contribution is 5.34. The van der Waals surface area contributed by atoms with E-state index in [4.69, 9.17) is 0 Å². The lowest BCUT2D eigenvalue weighted by molar-refractivity contribution is 0.184. The fourth-order valence-corrected chi connectivity index (χ4v) is 2.78. The van der Waals surface area contributed by atoms with Gasteiger partial charge < -0.3 is 5.32 Å². The molecule has 1 heterocycles. The van der Waals surface area contributed by atoms with Gasteiger partial charge in [0.15, 0.2) is 0 Å². The van der Waals surface area contributed by atoms with Crippen LogP contribution in [0.15, 0.2) is 4.99 Å². The quantitative estimate of drug-likeness (QED) is 0.375. The average Bonchev–Trinajstić information content (AvgIpc) is 2.65. The van der Waals surface area contributed by atoms with E-state index in [-0.39, 0.29) is 6.04 Å². The maximum atomic E-state index is 10.2. The summed E-state index contributed by atoms with van der Waals surface area (Å²) in [6.07, 6.45) is 4.94. The Bertz CT molecular complexity index is 256. The van der Waals surface area contributed by atoms with Crippen molar-refractivity contribution < 1.29 is 4.79 Å². The van der Waals surface area contributed by atoms with Gasteiger partial charge in [0.1, 0.15) is 0 Å². The number of nitrogens with one attached hydrogen (secondary N) is 1. The molecular formula is C10H16N2O. The third kappa shape index (κ3) is 1.82. The minimum absolute atomic E-state index is 0.191. The van der Waals surface area contributed by atoms with Crippen molar-refractivity contribution in [3.8, 4) is 0 Å². The molecular weight excluding hydrogens is 164 g/mol. The Balaban J connectivity index is 2.12. The van der Waals surface area contributed by atoms with Gasteiger partial charge in [-0.1, -0.05) is 13.8 Å². The summed E-state index contributed by atoms with van der Waals surface area (Å²) in [4.78, 5) is 14.1. The number of isocyanates is 1. The molecule has 72 valence electrons. The van der Waals surface area contributed by atoms with E-state index < -0.39 is 0 Å². The van der Waals surface area contributed by atoms with E-state index in [2.05, 4.69) is 24.2 Å². The van der Waals surface area contributed by atoms with Gasteiger partial charge in [-0.3, -0.25) is 0 Å². The molecule has 0 aromatic rings. The van der Waals surface area contributed by atoms with Gasteiger partial charge >= 0.3 is 0 Å². The summed E-state index contributed by atoms with van der Waals surface area (Å²) in [5, 5.41) is 3.40. The first kappa shape index (κ1) is 8.92. The molecule has 13 heavy (non-hydrogen) atoms. The number of rotatable bonds is 1. The van der Waals surface area contributed by atoms with Gasteiger partial charge in [-0.15, -0.1) is 0 Å². The van der Waals surface area contributed by atoms with E-state index in [0.717, 1.165) is 19.4 Å². The van der Waals surface area contributed by atoms with Gasteiger partial charge in [-0.25, -0.2) is 9.79 Å². The molecule has 2 aliphatic rings. The van der Waals surface area contributed by atoms with Crippen LogP contribution in [0.3, 0.4) is 0 Å². The van der Waals surface area contributed by atoms with Crippen molar-refractivity contribution >= 4 is 6.08 Å². The second-order valence-electron chi connectivity index (χ2n) is 5.26.